The summed E-state index contributed by atoms with van der Waals surface area (Å²) >= 11 is 0. The molecule has 0 aromatic heterocycles. The maximum atomic E-state index is 12.0. The van der Waals surface area contributed by atoms with Gasteiger partial charge in [0, 0.05) is 19.6 Å². The van der Waals surface area contributed by atoms with Gasteiger partial charge in [-0.3, -0.25) is 0 Å². The van der Waals surface area contributed by atoms with Gasteiger partial charge < -0.3 is 5.32 Å². The zero-order valence-electron chi connectivity index (χ0n) is 11.1. The summed E-state index contributed by atoms with van der Waals surface area (Å²) in [5.74, 6) is 0.947. The molecule has 17 heavy (non-hydrogen) atoms. The van der Waals surface area contributed by atoms with Gasteiger partial charge in [0.2, 0.25) is 0 Å². The highest BCUT2D eigenvalue weighted by molar-refractivity contribution is 7.87. The lowest BCUT2D eigenvalue weighted by atomic mass is 10.0. The molecule has 0 aromatic carbocycles. The molecule has 1 aliphatic heterocycles. The molecule has 1 heterocycles. The Hall–Kier alpha value is -0.170. The fraction of sp³-hybridized carbons (Fsp3) is 1.00. The Balaban J connectivity index is 2.40. The summed E-state index contributed by atoms with van der Waals surface area (Å²) in [5.41, 5.74) is 0. The summed E-state index contributed by atoms with van der Waals surface area (Å²) in [6.07, 6.45) is 1.93. The van der Waals surface area contributed by atoms with Crippen molar-refractivity contribution in [2.45, 2.75) is 26.7 Å². The highest BCUT2D eigenvalue weighted by Crippen LogP contribution is 2.17. The van der Waals surface area contributed by atoms with Crippen LogP contribution in [0.15, 0.2) is 0 Å². The minimum Gasteiger partial charge on any atom is -0.319 e. The zero-order chi connectivity index (χ0) is 12.9. The molecule has 2 N–H and O–H groups in total. The molecule has 0 aliphatic carbocycles. The predicted molar refractivity (Wildman–Crippen MR) is 70.0 cm³/mol. The molecule has 102 valence electrons. The van der Waals surface area contributed by atoms with Crippen LogP contribution >= 0.6 is 0 Å². The molecule has 5 nitrogen and oxygen atoms in total. The molecule has 1 fully saturated rings. The third kappa shape index (κ3) is 4.91. The fourth-order valence-corrected chi connectivity index (χ4v) is 3.35. The van der Waals surface area contributed by atoms with Crippen LogP contribution in [0.25, 0.3) is 0 Å². The van der Waals surface area contributed by atoms with Crippen molar-refractivity contribution in [1.82, 2.24) is 14.3 Å². The van der Waals surface area contributed by atoms with E-state index in [0.717, 1.165) is 19.4 Å². The van der Waals surface area contributed by atoms with Gasteiger partial charge in [0.25, 0.3) is 10.2 Å². The van der Waals surface area contributed by atoms with E-state index in [1.54, 1.807) is 4.31 Å². The molecule has 0 radical (unpaired) electrons. The van der Waals surface area contributed by atoms with Crippen molar-refractivity contribution in [2.75, 3.05) is 33.2 Å². The fourth-order valence-electron chi connectivity index (χ4n) is 1.98. The summed E-state index contributed by atoms with van der Waals surface area (Å²) in [6.45, 7) is 6.81. The van der Waals surface area contributed by atoms with Gasteiger partial charge in [0.05, 0.1) is 0 Å². The predicted octanol–water partition coefficient (Wildman–Crippen LogP) is 0.408. The van der Waals surface area contributed by atoms with E-state index in [4.69, 9.17) is 0 Å². The van der Waals surface area contributed by atoms with Crippen molar-refractivity contribution >= 4 is 10.2 Å². The molecule has 1 unspecified atom stereocenters. The number of hydrogen-bond acceptors (Lipinski definition) is 3. The van der Waals surface area contributed by atoms with E-state index >= 15 is 0 Å². The summed E-state index contributed by atoms with van der Waals surface area (Å²) in [4.78, 5) is 0. The lowest BCUT2D eigenvalue weighted by Gasteiger charge is -2.29. The van der Waals surface area contributed by atoms with Gasteiger partial charge in [-0.25, -0.2) is 4.72 Å². The molecule has 0 saturated carbocycles. The van der Waals surface area contributed by atoms with Crippen LogP contribution in [0, 0.1) is 11.8 Å². The largest absolute Gasteiger partial charge is 0.319 e. The van der Waals surface area contributed by atoms with Crippen LogP contribution in [0.4, 0.5) is 0 Å². The van der Waals surface area contributed by atoms with Crippen LogP contribution < -0.4 is 10.0 Å². The van der Waals surface area contributed by atoms with Crippen LogP contribution in [0.3, 0.4) is 0 Å². The van der Waals surface area contributed by atoms with Crippen molar-refractivity contribution in [3.8, 4) is 0 Å². The topological polar surface area (TPSA) is 61.4 Å². The average Bonchev–Trinajstić information content (AvgIpc) is 2.28. The lowest BCUT2D eigenvalue weighted by Crippen LogP contribution is -2.46. The van der Waals surface area contributed by atoms with Gasteiger partial charge in [-0.15, -0.1) is 0 Å². The first-order valence-corrected chi connectivity index (χ1v) is 7.79. The second-order valence-electron chi connectivity index (χ2n) is 5.10. The minimum atomic E-state index is -3.26. The molecular formula is C11H25N3O2S. The molecule has 1 aliphatic rings. The Kier molecular flexibility index (Phi) is 5.85. The van der Waals surface area contributed by atoms with Crippen molar-refractivity contribution in [3.63, 3.8) is 0 Å². The average molecular weight is 263 g/mol. The second kappa shape index (κ2) is 6.68. The number of rotatable bonds is 6. The number of hydrogen-bond donors (Lipinski definition) is 2. The van der Waals surface area contributed by atoms with Crippen LogP contribution in [0.1, 0.15) is 26.7 Å². The highest BCUT2D eigenvalue weighted by atomic mass is 32.2. The van der Waals surface area contributed by atoms with Crippen LogP contribution in [-0.4, -0.2) is 45.9 Å². The first kappa shape index (κ1) is 14.9. The molecule has 0 bridgehead atoms. The standard InChI is InChI=1S/C11H25N3O2S/c1-10-4-6-14(7-5-10)17(15,16)13-9-11(2)8-12-3/h10-13H,4-9H2,1-3H3. The smallest absolute Gasteiger partial charge is 0.279 e. The lowest BCUT2D eigenvalue weighted by molar-refractivity contribution is 0.284. The molecule has 6 heteroatoms. The molecule has 1 saturated heterocycles. The number of nitrogens with one attached hydrogen (secondary N) is 2. The first-order valence-electron chi connectivity index (χ1n) is 6.35. The number of nitrogens with zero attached hydrogens (tertiary/aromatic N) is 1. The van der Waals surface area contributed by atoms with Gasteiger partial charge in [-0.1, -0.05) is 13.8 Å². The minimum absolute atomic E-state index is 0.304. The molecule has 0 aromatic rings. The monoisotopic (exact) mass is 263 g/mol. The van der Waals surface area contributed by atoms with Crippen LogP contribution in [-0.2, 0) is 10.2 Å². The van der Waals surface area contributed by atoms with E-state index < -0.39 is 10.2 Å². The van der Waals surface area contributed by atoms with Gasteiger partial charge in [-0.2, -0.15) is 12.7 Å². The molecule has 1 rings (SSSR count). The Morgan fingerprint density at radius 3 is 2.41 bits per heavy atom. The van der Waals surface area contributed by atoms with Gasteiger partial charge in [0.1, 0.15) is 0 Å². The molecular weight excluding hydrogens is 238 g/mol. The Morgan fingerprint density at radius 2 is 1.88 bits per heavy atom. The quantitative estimate of drug-likeness (QED) is 0.729. The van der Waals surface area contributed by atoms with Crippen molar-refractivity contribution < 1.29 is 8.42 Å². The van der Waals surface area contributed by atoms with E-state index in [9.17, 15) is 8.42 Å². The molecule has 0 spiro atoms. The van der Waals surface area contributed by atoms with E-state index in [-0.39, 0.29) is 0 Å². The molecule has 0 amide bonds. The second-order valence-corrected chi connectivity index (χ2v) is 6.85. The maximum Gasteiger partial charge on any atom is 0.279 e. The summed E-state index contributed by atoms with van der Waals surface area (Å²) in [6, 6.07) is 0. The Labute approximate surface area is 105 Å². The van der Waals surface area contributed by atoms with Crippen molar-refractivity contribution in [3.05, 3.63) is 0 Å². The Bertz CT molecular complexity index is 311. The van der Waals surface area contributed by atoms with Gasteiger partial charge >= 0.3 is 0 Å². The summed E-state index contributed by atoms with van der Waals surface area (Å²) in [5, 5.41) is 3.04. The van der Waals surface area contributed by atoms with Gasteiger partial charge in [-0.05, 0) is 38.3 Å². The maximum absolute atomic E-state index is 12.0. The zero-order valence-corrected chi connectivity index (χ0v) is 11.9. The van der Waals surface area contributed by atoms with Crippen molar-refractivity contribution in [2.24, 2.45) is 11.8 Å². The van der Waals surface area contributed by atoms with Crippen LogP contribution in [0.5, 0.6) is 0 Å². The third-order valence-corrected chi connectivity index (χ3v) is 4.83. The van der Waals surface area contributed by atoms with Crippen molar-refractivity contribution in [1.29, 1.82) is 0 Å². The van der Waals surface area contributed by atoms with Gasteiger partial charge in [0.15, 0.2) is 0 Å². The summed E-state index contributed by atoms with van der Waals surface area (Å²) < 4.78 is 28.2. The van der Waals surface area contributed by atoms with E-state index in [2.05, 4.69) is 17.0 Å². The normalized spacial score (nSPS) is 21.6. The SMILES string of the molecule is CNCC(C)CNS(=O)(=O)N1CCC(C)CC1. The van der Waals surface area contributed by atoms with E-state index in [0.29, 0.717) is 31.5 Å². The highest BCUT2D eigenvalue weighted by Gasteiger charge is 2.26. The summed E-state index contributed by atoms with van der Waals surface area (Å²) in [7, 11) is -1.39. The molecule has 1 atom stereocenters. The van der Waals surface area contributed by atoms with Crippen LogP contribution in [0.2, 0.25) is 0 Å². The van der Waals surface area contributed by atoms with E-state index in [1.807, 2.05) is 14.0 Å². The third-order valence-electron chi connectivity index (χ3n) is 3.25. The van der Waals surface area contributed by atoms with E-state index in [1.165, 1.54) is 0 Å². The first-order chi connectivity index (χ1) is 7.95. The number of piperidine rings is 1. The Morgan fingerprint density at radius 1 is 1.29 bits per heavy atom.